The van der Waals surface area contributed by atoms with E-state index < -0.39 is 0 Å². The van der Waals surface area contributed by atoms with E-state index in [2.05, 4.69) is 39.2 Å². The number of benzene rings is 2. The molecule has 0 saturated carbocycles. The summed E-state index contributed by atoms with van der Waals surface area (Å²) in [6.07, 6.45) is 6.28. The van der Waals surface area contributed by atoms with Gasteiger partial charge in [0.15, 0.2) is 11.2 Å². The highest BCUT2D eigenvalue weighted by molar-refractivity contribution is 6.22. The average Bonchev–Trinajstić information content (AvgIpc) is 3.28. The number of carbonyl (C=O) groups is 1. The van der Waals surface area contributed by atoms with Gasteiger partial charge < -0.3 is 8.98 Å². The van der Waals surface area contributed by atoms with Gasteiger partial charge in [0.25, 0.3) is 0 Å². The Hall–Kier alpha value is -2.88. The molecule has 2 aromatic carbocycles. The molecule has 4 nitrogen and oxygen atoms in total. The summed E-state index contributed by atoms with van der Waals surface area (Å²) >= 11 is 0. The summed E-state index contributed by atoms with van der Waals surface area (Å²) in [6, 6.07) is 9.30. The van der Waals surface area contributed by atoms with Gasteiger partial charge in [-0.1, -0.05) is 47.5 Å². The van der Waals surface area contributed by atoms with Gasteiger partial charge >= 0.3 is 0 Å². The van der Waals surface area contributed by atoms with Crippen LogP contribution in [0.4, 0.5) is 0 Å². The Morgan fingerprint density at radius 2 is 1.48 bits per heavy atom. The van der Waals surface area contributed by atoms with Crippen LogP contribution in [0.2, 0.25) is 0 Å². The van der Waals surface area contributed by atoms with Gasteiger partial charge in [-0.15, -0.1) is 0 Å². The molecule has 0 bridgehead atoms. The molecule has 0 radical (unpaired) electrons. The Balaban J connectivity index is 0.000000411. The van der Waals surface area contributed by atoms with Crippen LogP contribution in [0, 0.1) is 0 Å². The first kappa shape index (κ1) is 22.8. The molecule has 0 atom stereocenters. The fourth-order valence-corrected chi connectivity index (χ4v) is 4.24. The van der Waals surface area contributed by atoms with E-state index >= 15 is 0 Å². The predicted molar refractivity (Wildman–Crippen MR) is 130 cm³/mol. The second kappa shape index (κ2) is 9.95. The van der Waals surface area contributed by atoms with Gasteiger partial charge in [-0.3, -0.25) is 9.59 Å². The van der Waals surface area contributed by atoms with Crippen molar-refractivity contribution in [3.63, 3.8) is 0 Å². The quantitative estimate of drug-likeness (QED) is 0.343. The molecular formula is C27H33NO3. The van der Waals surface area contributed by atoms with Crippen molar-refractivity contribution in [1.29, 1.82) is 0 Å². The van der Waals surface area contributed by atoms with Crippen LogP contribution in [0.1, 0.15) is 76.2 Å². The van der Waals surface area contributed by atoms with Crippen LogP contribution in [0.3, 0.4) is 0 Å². The summed E-state index contributed by atoms with van der Waals surface area (Å²) in [5, 5.41) is 2.63. The SMILES string of the molecule is CCC.CCC.CCCn1c2ccc3c(c2c2c4occc(=O)c4ccc21)CCC3=O. The summed E-state index contributed by atoms with van der Waals surface area (Å²) in [6.45, 7) is 11.5. The smallest absolute Gasteiger partial charge is 0.192 e. The van der Waals surface area contributed by atoms with E-state index in [1.807, 2.05) is 24.3 Å². The fraction of sp³-hybridized carbons (Fsp3) is 0.407. The van der Waals surface area contributed by atoms with E-state index in [-0.39, 0.29) is 11.2 Å². The predicted octanol–water partition coefficient (Wildman–Crippen LogP) is 7.27. The Labute approximate surface area is 183 Å². The largest absolute Gasteiger partial charge is 0.463 e. The van der Waals surface area contributed by atoms with Crippen molar-refractivity contribution >= 4 is 38.6 Å². The molecule has 0 N–H and O–H groups in total. The van der Waals surface area contributed by atoms with Crippen molar-refractivity contribution in [2.45, 2.75) is 73.3 Å². The van der Waals surface area contributed by atoms with Crippen LogP contribution in [0.5, 0.6) is 0 Å². The van der Waals surface area contributed by atoms with E-state index in [9.17, 15) is 9.59 Å². The molecule has 4 aromatic rings. The molecule has 4 heteroatoms. The molecule has 0 amide bonds. The van der Waals surface area contributed by atoms with Crippen LogP contribution < -0.4 is 5.43 Å². The maximum absolute atomic E-state index is 12.3. The second-order valence-electron chi connectivity index (χ2n) is 8.10. The number of carbonyl (C=O) groups excluding carboxylic acids is 1. The highest BCUT2D eigenvalue weighted by atomic mass is 16.3. The van der Waals surface area contributed by atoms with Gasteiger partial charge in [0.1, 0.15) is 5.58 Å². The maximum atomic E-state index is 12.3. The lowest BCUT2D eigenvalue weighted by Crippen LogP contribution is -1.99. The molecule has 5 rings (SSSR count). The molecule has 0 saturated heterocycles. The highest BCUT2D eigenvalue weighted by Gasteiger charge is 2.26. The number of ketones is 1. The third kappa shape index (κ3) is 4.04. The molecule has 0 fully saturated rings. The molecule has 0 unspecified atom stereocenters. The molecular weight excluding hydrogens is 386 g/mol. The molecule has 1 aliphatic rings. The third-order valence-corrected chi connectivity index (χ3v) is 5.28. The first-order valence-corrected chi connectivity index (χ1v) is 11.5. The van der Waals surface area contributed by atoms with E-state index in [4.69, 9.17) is 4.42 Å². The van der Waals surface area contributed by atoms with Gasteiger partial charge in [-0.05, 0) is 42.7 Å². The zero-order valence-electron chi connectivity index (χ0n) is 19.4. The Morgan fingerprint density at radius 3 is 2.16 bits per heavy atom. The number of fused-ring (bicyclic) bond motifs is 7. The zero-order valence-corrected chi connectivity index (χ0v) is 19.4. The second-order valence-corrected chi connectivity index (χ2v) is 8.10. The van der Waals surface area contributed by atoms with Crippen molar-refractivity contribution in [2.75, 3.05) is 0 Å². The molecule has 0 aliphatic heterocycles. The Bertz CT molecular complexity index is 1270. The van der Waals surface area contributed by atoms with Gasteiger partial charge in [0.2, 0.25) is 0 Å². The lowest BCUT2D eigenvalue weighted by molar-refractivity contribution is 0.0994. The summed E-state index contributed by atoms with van der Waals surface area (Å²) in [5.41, 5.74) is 4.68. The van der Waals surface area contributed by atoms with Crippen LogP contribution in [-0.2, 0) is 13.0 Å². The first-order valence-electron chi connectivity index (χ1n) is 11.5. The van der Waals surface area contributed by atoms with Crippen LogP contribution in [-0.4, -0.2) is 10.4 Å². The maximum Gasteiger partial charge on any atom is 0.192 e. The fourth-order valence-electron chi connectivity index (χ4n) is 4.24. The number of Topliss-reactive ketones (excluding diaryl/α,β-unsaturated/α-hetero) is 1. The van der Waals surface area contributed by atoms with Gasteiger partial charge in [0.05, 0.1) is 22.6 Å². The van der Waals surface area contributed by atoms with E-state index in [0.717, 1.165) is 52.3 Å². The van der Waals surface area contributed by atoms with Crippen molar-refractivity contribution in [3.8, 4) is 0 Å². The van der Waals surface area contributed by atoms with Gasteiger partial charge in [-0.25, -0.2) is 0 Å². The average molecular weight is 420 g/mol. The summed E-state index contributed by atoms with van der Waals surface area (Å²) in [7, 11) is 0. The monoisotopic (exact) mass is 419 g/mol. The highest BCUT2D eigenvalue weighted by Crippen LogP contribution is 2.39. The molecule has 31 heavy (non-hydrogen) atoms. The van der Waals surface area contributed by atoms with Crippen molar-refractivity contribution in [3.05, 3.63) is 57.9 Å². The van der Waals surface area contributed by atoms with Crippen LogP contribution >= 0.6 is 0 Å². The minimum absolute atomic E-state index is 0.0387. The third-order valence-electron chi connectivity index (χ3n) is 5.28. The van der Waals surface area contributed by atoms with E-state index in [0.29, 0.717) is 17.4 Å². The van der Waals surface area contributed by atoms with Gasteiger partial charge in [-0.2, -0.15) is 0 Å². The minimum atomic E-state index is -0.0387. The normalized spacial score (nSPS) is 12.5. The van der Waals surface area contributed by atoms with Crippen molar-refractivity contribution in [2.24, 2.45) is 0 Å². The molecule has 2 aromatic heterocycles. The summed E-state index contributed by atoms with van der Waals surface area (Å²) in [4.78, 5) is 24.5. The Kier molecular flexibility index (Phi) is 7.32. The van der Waals surface area contributed by atoms with Gasteiger partial charge in [0, 0.05) is 35.5 Å². The minimum Gasteiger partial charge on any atom is -0.463 e. The molecule has 2 heterocycles. The number of hydrogen-bond acceptors (Lipinski definition) is 3. The topological polar surface area (TPSA) is 52.2 Å². The summed E-state index contributed by atoms with van der Waals surface area (Å²) in [5.74, 6) is 0.204. The number of rotatable bonds is 2. The number of aryl methyl sites for hydroxylation is 2. The van der Waals surface area contributed by atoms with Crippen molar-refractivity contribution in [1.82, 2.24) is 4.57 Å². The summed E-state index contributed by atoms with van der Waals surface area (Å²) < 4.78 is 8.07. The zero-order chi connectivity index (χ0) is 22.5. The molecule has 0 spiro atoms. The van der Waals surface area contributed by atoms with Crippen LogP contribution in [0.15, 0.2) is 45.8 Å². The number of aromatic nitrogens is 1. The number of hydrogen-bond donors (Lipinski definition) is 0. The first-order chi connectivity index (χ1) is 15.0. The van der Waals surface area contributed by atoms with E-state index in [1.165, 1.54) is 25.2 Å². The lowest BCUT2D eigenvalue weighted by Gasteiger charge is -2.06. The number of nitrogens with zero attached hydrogens (tertiary/aromatic N) is 1. The molecule has 1 aliphatic carbocycles. The lowest BCUT2D eigenvalue weighted by atomic mass is 10.0. The Morgan fingerprint density at radius 1 is 0.839 bits per heavy atom. The van der Waals surface area contributed by atoms with Crippen LogP contribution in [0.25, 0.3) is 32.8 Å². The van der Waals surface area contributed by atoms with Crippen molar-refractivity contribution < 1.29 is 9.21 Å². The molecule has 164 valence electrons. The standard InChI is InChI=1S/C21H17NO3.2C3H8/c1-2-10-22-15-6-3-12-13(5-8-17(12)23)19(15)20-16(22)7-4-14-18(24)9-11-25-21(14)20;2*1-3-2/h3-4,6-7,9,11H,2,5,8,10H2,1H3;2*3H2,1-2H3. The van der Waals surface area contributed by atoms with E-state index in [1.54, 1.807) is 0 Å².